The maximum absolute atomic E-state index is 12.7. The minimum Gasteiger partial charge on any atom is -0.481 e. The Hall–Kier alpha value is -2.74. The fourth-order valence-electron chi connectivity index (χ4n) is 3.08. The number of nitrogens with one attached hydrogen (secondary N) is 2. The third-order valence-corrected chi connectivity index (χ3v) is 6.78. The Bertz CT molecular complexity index is 1250. The Labute approximate surface area is 210 Å². The molecule has 0 heterocycles. The van der Waals surface area contributed by atoms with Gasteiger partial charge in [-0.05, 0) is 72.5 Å². The summed E-state index contributed by atoms with van der Waals surface area (Å²) in [4.78, 5) is 12.6. The van der Waals surface area contributed by atoms with E-state index in [0.717, 1.165) is 0 Å². The molecule has 0 bridgehead atoms. The average Bonchev–Trinajstić information content (AvgIpc) is 2.72. The van der Waals surface area contributed by atoms with E-state index in [9.17, 15) is 13.2 Å². The Kier molecular flexibility index (Phi) is 7.81. The lowest BCUT2D eigenvalue weighted by atomic mass is 9.87. The molecule has 9 heteroatoms. The molecular formula is C25H26Cl2N2O4S. The van der Waals surface area contributed by atoms with Gasteiger partial charge in [-0.15, -0.1) is 0 Å². The van der Waals surface area contributed by atoms with E-state index in [0.29, 0.717) is 21.5 Å². The van der Waals surface area contributed by atoms with Crippen LogP contribution < -0.4 is 14.8 Å². The minimum absolute atomic E-state index is 0.0184. The van der Waals surface area contributed by atoms with Gasteiger partial charge in [-0.2, -0.15) is 0 Å². The van der Waals surface area contributed by atoms with E-state index in [1.54, 1.807) is 6.92 Å². The maximum atomic E-state index is 12.7. The van der Waals surface area contributed by atoms with Gasteiger partial charge in [-0.3, -0.25) is 9.52 Å². The average molecular weight is 521 g/mol. The van der Waals surface area contributed by atoms with E-state index in [2.05, 4.69) is 30.8 Å². The lowest BCUT2D eigenvalue weighted by molar-refractivity contribution is -0.122. The van der Waals surface area contributed by atoms with Crippen LogP contribution in [0.3, 0.4) is 0 Å². The first-order chi connectivity index (χ1) is 15.8. The molecule has 0 aliphatic heterocycles. The Morgan fingerprint density at radius 1 is 0.882 bits per heavy atom. The summed E-state index contributed by atoms with van der Waals surface area (Å²) >= 11 is 11.9. The van der Waals surface area contributed by atoms with E-state index >= 15 is 0 Å². The van der Waals surface area contributed by atoms with Crippen LogP contribution in [0.15, 0.2) is 71.6 Å². The quantitative estimate of drug-likeness (QED) is 0.372. The number of anilines is 2. The number of halogens is 2. The lowest BCUT2D eigenvalue weighted by Crippen LogP contribution is -2.30. The molecule has 3 aromatic rings. The zero-order chi connectivity index (χ0) is 25.1. The van der Waals surface area contributed by atoms with Crippen molar-refractivity contribution in [1.29, 1.82) is 0 Å². The Balaban J connectivity index is 1.62. The molecule has 0 unspecified atom stereocenters. The van der Waals surface area contributed by atoms with Gasteiger partial charge in [0.25, 0.3) is 15.9 Å². The highest BCUT2D eigenvalue weighted by Crippen LogP contribution is 2.26. The SMILES string of the molecule is C[C@H](Oc1ccc(C(C)(C)C)cc1)C(=O)Nc1ccc(S(=O)(=O)Nc2cc(Cl)cc(Cl)c2)cc1. The van der Waals surface area contributed by atoms with Crippen molar-refractivity contribution < 1.29 is 17.9 Å². The third kappa shape index (κ3) is 6.88. The summed E-state index contributed by atoms with van der Waals surface area (Å²) in [5.74, 6) is 0.228. The summed E-state index contributed by atoms with van der Waals surface area (Å²) in [5, 5.41) is 3.35. The molecule has 34 heavy (non-hydrogen) atoms. The molecule has 0 aliphatic carbocycles. The van der Waals surface area contributed by atoms with Crippen molar-refractivity contribution in [2.75, 3.05) is 10.0 Å². The van der Waals surface area contributed by atoms with Crippen molar-refractivity contribution in [3.8, 4) is 5.75 Å². The highest BCUT2D eigenvalue weighted by Gasteiger charge is 2.18. The van der Waals surface area contributed by atoms with Gasteiger partial charge in [-0.1, -0.05) is 56.1 Å². The number of amides is 1. The molecule has 0 saturated heterocycles. The summed E-state index contributed by atoms with van der Waals surface area (Å²) < 4.78 is 33.5. The standard InChI is InChI=1S/C25H26Cl2N2O4S/c1-16(33-22-9-5-17(6-10-22)25(2,3)4)24(30)28-20-7-11-23(12-8-20)34(31,32)29-21-14-18(26)13-19(27)15-21/h5-16,29H,1-4H3,(H,28,30)/t16-/m0/s1. The fraction of sp³-hybridized carbons (Fsp3) is 0.240. The number of sulfonamides is 1. The number of ether oxygens (including phenoxy) is 1. The summed E-state index contributed by atoms with van der Waals surface area (Å²) in [5.41, 5.74) is 1.88. The lowest BCUT2D eigenvalue weighted by Gasteiger charge is -2.20. The Morgan fingerprint density at radius 2 is 1.44 bits per heavy atom. The third-order valence-electron chi connectivity index (χ3n) is 4.95. The predicted octanol–water partition coefficient (Wildman–Crippen LogP) is 6.50. The van der Waals surface area contributed by atoms with E-state index in [1.807, 2.05) is 24.3 Å². The van der Waals surface area contributed by atoms with Crippen molar-refractivity contribution >= 4 is 50.5 Å². The zero-order valence-corrected chi connectivity index (χ0v) is 21.6. The first-order valence-electron chi connectivity index (χ1n) is 10.5. The van der Waals surface area contributed by atoms with Crippen molar-refractivity contribution in [2.24, 2.45) is 0 Å². The van der Waals surface area contributed by atoms with Crippen LogP contribution >= 0.6 is 23.2 Å². The Morgan fingerprint density at radius 3 is 1.97 bits per heavy atom. The van der Waals surface area contributed by atoms with E-state index in [-0.39, 0.29) is 21.9 Å². The van der Waals surface area contributed by atoms with E-state index < -0.39 is 16.1 Å². The second kappa shape index (κ2) is 10.3. The summed E-state index contributed by atoms with van der Waals surface area (Å²) in [6, 6.07) is 17.8. The van der Waals surface area contributed by atoms with Crippen LogP contribution in [-0.2, 0) is 20.2 Å². The number of hydrogen-bond acceptors (Lipinski definition) is 4. The molecule has 0 saturated carbocycles. The summed E-state index contributed by atoms with van der Waals surface area (Å²) in [6.45, 7) is 8.01. The number of rotatable bonds is 7. The van der Waals surface area contributed by atoms with Gasteiger partial charge in [0.2, 0.25) is 0 Å². The van der Waals surface area contributed by atoms with Crippen LogP contribution in [0.2, 0.25) is 10.0 Å². The molecule has 1 amide bonds. The molecule has 1 atom stereocenters. The number of hydrogen-bond donors (Lipinski definition) is 2. The molecule has 0 spiro atoms. The molecule has 2 N–H and O–H groups in total. The van der Waals surface area contributed by atoms with Crippen LogP contribution in [0, 0.1) is 0 Å². The molecule has 0 fully saturated rings. The second-order valence-electron chi connectivity index (χ2n) is 8.81. The number of carbonyl (C=O) groups excluding carboxylic acids is 1. The van der Waals surface area contributed by atoms with Gasteiger partial charge in [0.15, 0.2) is 6.10 Å². The van der Waals surface area contributed by atoms with Gasteiger partial charge in [0.05, 0.1) is 10.6 Å². The molecular weight excluding hydrogens is 495 g/mol. The smallest absolute Gasteiger partial charge is 0.265 e. The molecule has 0 aromatic heterocycles. The van der Waals surface area contributed by atoms with Gasteiger partial charge < -0.3 is 10.1 Å². The van der Waals surface area contributed by atoms with Crippen LogP contribution in [0.5, 0.6) is 5.75 Å². The number of benzene rings is 3. The monoisotopic (exact) mass is 520 g/mol. The van der Waals surface area contributed by atoms with Crippen molar-refractivity contribution in [3.05, 3.63) is 82.3 Å². The van der Waals surface area contributed by atoms with Crippen molar-refractivity contribution in [3.63, 3.8) is 0 Å². The predicted molar refractivity (Wildman–Crippen MR) is 138 cm³/mol. The minimum atomic E-state index is -3.87. The molecule has 0 radical (unpaired) electrons. The normalized spacial score (nSPS) is 12.6. The van der Waals surface area contributed by atoms with Gasteiger partial charge in [0, 0.05) is 15.7 Å². The van der Waals surface area contributed by atoms with Crippen LogP contribution in [0.1, 0.15) is 33.3 Å². The van der Waals surface area contributed by atoms with Crippen molar-refractivity contribution in [2.45, 2.75) is 44.1 Å². The number of carbonyl (C=O) groups is 1. The van der Waals surface area contributed by atoms with E-state index in [1.165, 1.54) is 48.0 Å². The van der Waals surface area contributed by atoms with E-state index in [4.69, 9.17) is 27.9 Å². The van der Waals surface area contributed by atoms with Gasteiger partial charge >= 0.3 is 0 Å². The fourth-order valence-corrected chi connectivity index (χ4v) is 4.65. The maximum Gasteiger partial charge on any atom is 0.265 e. The molecule has 3 aromatic carbocycles. The van der Waals surface area contributed by atoms with Crippen LogP contribution in [0.4, 0.5) is 11.4 Å². The van der Waals surface area contributed by atoms with Crippen LogP contribution in [-0.4, -0.2) is 20.4 Å². The topological polar surface area (TPSA) is 84.5 Å². The molecule has 3 rings (SSSR count). The highest BCUT2D eigenvalue weighted by atomic mass is 35.5. The van der Waals surface area contributed by atoms with Crippen LogP contribution in [0.25, 0.3) is 0 Å². The molecule has 0 aliphatic rings. The van der Waals surface area contributed by atoms with Crippen molar-refractivity contribution in [1.82, 2.24) is 0 Å². The largest absolute Gasteiger partial charge is 0.481 e. The first kappa shape index (κ1) is 25.9. The van der Waals surface area contributed by atoms with Gasteiger partial charge in [0.1, 0.15) is 5.75 Å². The first-order valence-corrected chi connectivity index (χ1v) is 12.7. The summed E-state index contributed by atoms with van der Waals surface area (Å²) in [6.07, 6.45) is -0.752. The molecule has 180 valence electrons. The highest BCUT2D eigenvalue weighted by molar-refractivity contribution is 7.92. The zero-order valence-electron chi connectivity index (χ0n) is 19.2. The molecule has 6 nitrogen and oxygen atoms in total. The van der Waals surface area contributed by atoms with Gasteiger partial charge in [-0.25, -0.2) is 8.42 Å². The summed E-state index contributed by atoms with van der Waals surface area (Å²) in [7, 11) is -3.87. The second-order valence-corrected chi connectivity index (χ2v) is 11.4.